The zero-order valence-corrected chi connectivity index (χ0v) is 22.2. The average molecular weight is 526 g/mol. The highest BCUT2D eigenvalue weighted by molar-refractivity contribution is 5.65. The van der Waals surface area contributed by atoms with Gasteiger partial charge in [0, 0.05) is 78.0 Å². The van der Waals surface area contributed by atoms with Crippen molar-refractivity contribution in [3.05, 3.63) is 35.5 Å². The molecule has 0 saturated carbocycles. The molecule has 0 spiro atoms. The Hall–Kier alpha value is -2.71. The van der Waals surface area contributed by atoms with E-state index in [1.807, 2.05) is 19.1 Å². The Labute approximate surface area is 216 Å². The molecule has 1 fully saturated rings. The van der Waals surface area contributed by atoms with Gasteiger partial charge in [0.15, 0.2) is 0 Å². The van der Waals surface area contributed by atoms with Crippen LogP contribution in [0.15, 0.2) is 24.4 Å². The molecule has 1 aliphatic rings. The number of alkyl halides is 3. The number of aromatic nitrogens is 2. The molecule has 0 unspecified atom stereocenters. The van der Waals surface area contributed by atoms with Crippen molar-refractivity contribution in [1.29, 1.82) is 0 Å². The fraction of sp³-hybridized carbons (Fsp3) is 0.583. The van der Waals surface area contributed by atoms with Crippen molar-refractivity contribution in [3.8, 4) is 0 Å². The van der Waals surface area contributed by atoms with Crippen molar-refractivity contribution in [2.24, 2.45) is 0 Å². The summed E-state index contributed by atoms with van der Waals surface area (Å²) in [6.45, 7) is 6.58. The summed E-state index contributed by atoms with van der Waals surface area (Å²) in [5.41, 5.74) is 2.00. The van der Waals surface area contributed by atoms with Crippen molar-refractivity contribution < 1.29 is 18.4 Å². The minimum Gasteiger partial charge on any atom is -0.369 e. The van der Waals surface area contributed by atoms with E-state index in [1.165, 1.54) is 10.0 Å². The molecular weight excluding hydrogens is 487 g/mol. The van der Waals surface area contributed by atoms with Crippen LogP contribution >= 0.6 is 0 Å². The quantitative estimate of drug-likeness (QED) is 0.300. The number of nitrogens with zero attached hydrogens (tertiary/aromatic N) is 7. The molecule has 3 rings (SSSR count). The van der Waals surface area contributed by atoms with Crippen molar-refractivity contribution in [1.82, 2.24) is 30.2 Å². The van der Waals surface area contributed by atoms with Crippen LogP contribution in [-0.2, 0) is 12.6 Å². The number of likely N-dealkylation sites (N-methyl/N-ethyl adjacent to an activating group) is 1. The number of piperazine rings is 1. The number of hydrogen-bond donors (Lipinski definition) is 3. The fourth-order valence-corrected chi connectivity index (χ4v) is 4.07. The molecule has 0 radical (unpaired) electrons. The van der Waals surface area contributed by atoms with E-state index in [9.17, 15) is 18.4 Å². The summed E-state index contributed by atoms with van der Waals surface area (Å²) in [6, 6.07) is 6.07. The van der Waals surface area contributed by atoms with Crippen molar-refractivity contribution in [2.75, 3.05) is 83.0 Å². The van der Waals surface area contributed by atoms with Gasteiger partial charge in [0.25, 0.3) is 0 Å². The van der Waals surface area contributed by atoms with Gasteiger partial charge in [0.1, 0.15) is 11.4 Å². The molecule has 13 heteroatoms. The molecule has 1 saturated heterocycles. The Balaban J connectivity index is 1.72. The monoisotopic (exact) mass is 525 g/mol. The minimum atomic E-state index is -4.59. The highest BCUT2D eigenvalue weighted by Crippen LogP contribution is 2.34. The molecule has 10 nitrogen and oxygen atoms in total. The van der Waals surface area contributed by atoms with E-state index in [2.05, 4.69) is 43.5 Å². The van der Waals surface area contributed by atoms with E-state index >= 15 is 0 Å². The number of rotatable bonds is 11. The molecule has 0 atom stereocenters. The number of hydrazine groups is 2. The standard InChI is InChI=1S/C24H38F3N9O/c1-6-18-16-19(35-14-12-33(4)13-15-35)8-9-21(18)30-23-29-17-20(24(25,26)27)22(31-23)28-10-7-11-34(5)36(37)32(2)3/h8-9,16-17,37H,6-7,10-15H2,1-5H3,(H2,28,29,30,31). The van der Waals surface area contributed by atoms with Crippen LogP contribution in [0.5, 0.6) is 0 Å². The number of aryl methyl sites for hydroxylation is 1. The van der Waals surface area contributed by atoms with Gasteiger partial charge in [-0.2, -0.15) is 18.2 Å². The summed E-state index contributed by atoms with van der Waals surface area (Å²) >= 11 is 0. The second-order valence-electron chi connectivity index (χ2n) is 9.34. The topological polar surface area (TPSA) is 86.3 Å². The van der Waals surface area contributed by atoms with Gasteiger partial charge in [-0.05, 0) is 48.9 Å². The van der Waals surface area contributed by atoms with Crippen LogP contribution in [0.2, 0.25) is 0 Å². The lowest BCUT2D eigenvalue weighted by Crippen LogP contribution is -2.46. The second kappa shape index (κ2) is 12.7. The van der Waals surface area contributed by atoms with Gasteiger partial charge >= 0.3 is 6.18 Å². The molecule has 1 aromatic carbocycles. The van der Waals surface area contributed by atoms with Gasteiger partial charge in [-0.15, -0.1) is 0 Å². The summed E-state index contributed by atoms with van der Waals surface area (Å²) in [5.74, 6) is -0.197. The van der Waals surface area contributed by atoms with E-state index in [0.717, 1.165) is 61.0 Å². The number of anilines is 4. The minimum absolute atomic E-state index is 0.0869. The summed E-state index contributed by atoms with van der Waals surface area (Å²) in [5, 5.41) is 19.7. The lowest BCUT2D eigenvalue weighted by Gasteiger charge is -2.34. The number of halogens is 3. The summed E-state index contributed by atoms with van der Waals surface area (Å²) in [7, 11) is 7.13. The SMILES string of the molecule is CCc1cc(N2CCN(C)CC2)ccc1Nc1ncc(C(F)(F)F)c(NCCCN(C)N(O)N(C)C)n1. The molecule has 1 aliphatic heterocycles. The maximum Gasteiger partial charge on any atom is 0.421 e. The molecule has 2 heterocycles. The average Bonchev–Trinajstić information content (AvgIpc) is 2.86. The van der Waals surface area contributed by atoms with Gasteiger partial charge in [0.05, 0.1) is 0 Å². The Morgan fingerprint density at radius 2 is 1.81 bits per heavy atom. The lowest BCUT2D eigenvalue weighted by atomic mass is 10.1. The van der Waals surface area contributed by atoms with Crippen LogP contribution < -0.4 is 15.5 Å². The van der Waals surface area contributed by atoms with Crippen molar-refractivity contribution >= 4 is 23.1 Å². The lowest BCUT2D eigenvalue weighted by molar-refractivity contribution is -0.341. The van der Waals surface area contributed by atoms with Gasteiger partial charge in [-0.3, -0.25) is 5.21 Å². The highest BCUT2D eigenvalue weighted by Gasteiger charge is 2.35. The van der Waals surface area contributed by atoms with E-state index in [0.29, 0.717) is 13.0 Å². The maximum atomic E-state index is 13.6. The third-order valence-corrected chi connectivity index (χ3v) is 6.29. The van der Waals surface area contributed by atoms with Crippen molar-refractivity contribution in [3.63, 3.8) is 0 Å². The number of nitrogens with one attached hydrogen (secondary N) is 2. The first-order chi connectivity index (χ1) is 17.5. The van der Waals surface area contributed by atoms with Crippen LogP contribution in [-0.4, -0.2) is 103 Å². The predicted octanol–water partition coefficient (Wildman–Crippen LogP) is 3.37. The van der Waals surface area contributed by atoms with Gasteiger partial charge in [-0.1, -0.05) is 6.92 Å². The van der Waals surface area contributed by atoms with Crippen LogP contribution in [0.1, 0.15) is 24.5 Å². The molecule has 0 bridgehead atoms. The Morgan fingerprint density at radius 3 is 2.43 bits per heavy atom. The second-order valence-corrected chi connectivity index (χ2v) is 9.34. The van der Waals surface area contributed by atoms with E-state index < -0.39 is 11.7 Å². The fourth-order valence-electron chi connectivity index (χ4n) is 4.07. The zero-order chi connectivity index (χ0) is 27.2. The van der Waals surface area contributed by atoms with Crippen LogP contribution in [0.4, 0.5) is 36.3 Å². The third kappa shape index (κ3) is 7.89. The first-order valence-electron chi connectivity index (χ1n) is 12.4. The Bertz CT molecular complexity index is 1010. The summed E-state index contributed by atoms with van der Waals surface area (Å²) in [4.78, 5) is 12.7. The molecule has 1 aromatic heterocycles. The first kappa shape index (κ1) is 28.9. The van der Waals surface area contributed by atoms with Crippen LogP contribution in [0, 0.1) is 0 Å². The largest absolute Gasteiger partial charge is 0.421 e. The Kier molecular flexibility index (Phi) is 9.90. The normalized spacial score (nSPS) is 15.2. The molecule has 0 amide bonds. The summed E-state index contributed by atoms with van der Waals surface area (Å²) < 4.78 is 40.8. The predicted molar refractivity (Wildman–Crippen MR) is 139 cm³/mol. The molecule has 2 aromatic rings. The molecule has 0 aliphatic carbocycles. The third-order valence-electron chi connectivity index (χ3n) is 6.29. The van der Waals surface area contributed by atoms with E-state index in [-0.39, 0.29) is 18.3 Å². The molecule has 37 heavy (non-hydrogen) atoms. The van der Waals surface area contributed by atoms with E-state index in [4.69, 9.17) is 0 Å². The highest BCUT2D eigenvalue weighted by atomic mass is 19.4. The van der Waals surface area contributed by atoms with Gasteiger partial charge < -0.3 is 20.4 Å². The van der Waals surface area contributed by atoms with E-state index in [1.54, 1.807) is 21.1 Å². The molecule has 3 N–H and O–H groups in total. The van der Waals surface area contributed by atoms with Crippen LogP contribution in [0.3, 0.4) is 0 Å². The Morgan fingerprint density at radius 1 is 1.11 bits per heavy atom. The molecular formula is C24H38F3N9O. The van der Waals surface area contributed by atoms with Gasteiger partial charge in [-0.25, -0.2) is 15.0 Å². The number of hydrogen-bond acceptors (Lipinski definition) is 10. The van der Waals surface area contributed by atoms with Crippen molar-refractivity contribution in [2.45, 2.75) is 25.9 Å². The maximum absolute atomic E-state index is 13.6. The summed E-state index contributed by atoms with van der Waals surface area (Å²) in [6.07, 6.45) is -2.57. The van der Waals surface area contributed by atoms with Gasteiger partial charge in [0.2, 0.25) is 5.95 Å². The zero-order valence-electron chi connectivity index (χ0n) is 22.2. The first-order valence-corrected chi connectivity index (χ1v) is 12.4. The van der Waals surface area contributed by atoms with Crippen LogP contribution in [0.25, 0.3) is 0 Å². The molecule has 206 valence electrons. The smallest absolute Gasteiger partial charge is 0.369 e. The number of benzene rings is 1.